The standard InChI is InChI=1S/C16H19FN2/c17-15-13(11-4-2-1-3-5-11)6-7-14-12(8-9-18)10-19-16(14)15/h2,4,6-7,10-11,19H,1,3,5,8-9,18H2. The summed E-state index contributed by atoms with van der Waals surface area (Å²) < 4.78 is 14.6. The molecule has 0 amide bonds. The number of hydrogen-bond donors (Lipinski definition) is 2. The first-order valence-electron chi connectivity index (χ1n) is 6.96. The average Bonchev–Trinajstić information content (AvgIpc) is 2.85. The number of nitrogens with one attached hydrogen (secondary N) is 1. The Bertz CT molecular complexity index is 612. The van der Waals surface area contributed by atoms with E-state index in [1.54, 1.807) is 0 Å². The first kappa shape index (κ1) is 12.4. The Morgan fingerprint density at radius 3 is 3.00 bits per heavy atom. The van der Waals surface area contributed by atoms with Gasteiger partial charge < -0.3 is 10.7 Å². The van der Waals surface area contributed by atoms with Gasteiger partial charge in [0, 0.05) is 17.5 Å². The molecule has 1 aromatic carbocycles. The Kier molecular flexibility index (Phi) is 3.38. The van der Waals surface area contributed by atoms with Crippen LogP contribution in [0, 0.1) is 5.82 Å². The van der Waals surface area contributed by atoms with Gasteiger partial charge in [-0.15, -0.1) is 0 Å². The van der Waals surface area contributed by atoms with E-state index in [-0.39, 0.29) is 11.7 Å². The minimum absolute atomic E-state index is 0.0997. The number of halogens is 1. The van der Waals surface area contributed by atoms with Gasteiger partial charge in [0.2, 0.25) is 0 Å². The van der Waals surface area contributed by atoms with Crippen LogP contribution in [0.15, 0.2) is 30.5 Å². The second kappa shape index (κ2) is 5.17. The van der Waals surface area contributed by atoms with Crippen molar-refractivity contribution in [2.75, 3.05) is 6.54 Å². The lowest BCUT2D eigenvalue weighted by molar-refractivity contribution is 0.581. The number of fused-ring (bicyclic) bond motifs is 1. The third-order valence-electron chi connectivity index (χ3n) is 3.98. The van der Waals surface area contributed by atoms with Crippen LogP contribution in [-0.2, 0) is 6.42 Å². The highest BCUT2D eigenvalue weighted by atomic mass is 19.1. The number of allylic oxidation sites excluding steroid dienone is 2. The molecule has 2 aromatic rings. The van der Waals surface area contributed by atoms with Crippen molar-refractivity contribution in [3.05, 3.63) is 47.4 Å². The molecule has 0 fully saturated rings. The fourth-order valence-corrected chi connectivity index (χ4v) is 2.96. The molecule has 0 radical (unpaired) electrons. The van der Waals surface area contributed by atoms with E-state index in [9.17, 15) is 4.39 Å². The van der Waals surface area contributed by atoms with E-state index >= 15 is 0 Å². The van der Waals surface area contributed by atoms with Gasteiger partial charge in [0.1, 0.15) is 0 Å². The number of aromatic nitrogens is 1. The van der Waals surface area contributed by atoms with E-state index in [4.69, 9.17) is 5.73 Å². The summed E-state index contributed by atoms with van der Waals surface area (Å²) in [6.45, 7) is 0.585. The fourth-order valence-electron chi connectivity index (χ4n) is 2.96. The van der Waals surface area contributed by atoms with Gasteiger partial charge in [-0.1, -0.05) is 24.3 Å². The third kappa shape index (κ3) is 2.19. The highest BCUT2D eigenvalue weighted by molar-refractivity contribution is 5.84. The number of rotatable bonds is 3. The van der Waals surface area contributed by atoms with Crippen LogP contribution >= 0.6 is 0 Å². The number of nitrogens with two attached hydrogens (primary N) is 1. The van der Waals surface area contributed by atoms with E-state index in [0.717, 1.165) is 42.2 Å². The highest BCUT2D eigenvalue weighted by Gasteiger charge is 2.18. The van der Waals surface area contributed by atoms with Gasteiger partial charge in [-0.25, -0.2) is 4.39 Å². The number of H-pyrrole nitrogens is 1. The minimum atomic E-state index is -0.0997. The zero-order valence-electron chi connectivity index (χ0n) is 11.0. The molecule has 1 aliphatic rings. The zero-order valence-corrected chi connectivity index (χ0v) is 11.0. The molecular formula is C16H19FN2. The molecule has 0 aliphatic heterocycles. The Labute approximate surface area is 112 Å². The van der Waals surface area contributed by atoms with Crippen LogP contribution in [0.3, 0.4) is 0 Å². The predicted molar refractivity (Wildman–Crippen MR) is 76.7 cm³/mol. The largest absolute Gasteiger partial charge is 0.359 e. The molecule has 19 heavy (non-hydrogen) atoms. The fraction of sp³-hybridized carbons (Fsp3) is 0.375. The molecule has 3 rings (SSSR count). The summed E-state index contributed by atoms with van der Waals surface area (Å²) in [4.78, 5) is 3.07. The van der Waals surface area contributed by atoms with Crippen molar-refractivity contribution in [1.82, 2.24) is 4.98 Å². The molecule has 1 heterocycles. The number of aromatic amines is 1. The van der Waals surface area contributed by atoms with Gasteiger partial charge in [0.05, 0.1) is 5.52 Å². The number of hydrogen-bond acceptors (Lipinski definition) is 1. The van der Waals surface area contributed by atoms with Crippen LogP contribution in [0.5, 0.6) is 0 Å². The van der Waals surface area contributed by atoms with E-state index in [0.29, 0.717) is 12.1 Å². The van der Waals surface area contributed by atoms with Crippen LogP contribution in [0.4, 0.5) is 4.39 Å². The molecule has 1 unspecified atom stereocenters. The summed E-state index contributed by atoms with van der Waals surface area (Å²) in [5.41, 5.74) is 8.11. The molecule has 0 saturated carbocycles. The SMILES string of the molecule is NCCc1c[nH]c2c(F)c(C3C=CCCC3)ccc12. The summed E-state index contributed by atoms with van der Waals surface area (Å²) in [6, 6.07) is 3.96. The Morgan fingerprint density at radius 2 is 2.26 bits per heavy atom. The lowest BCUT2D eigenvalue weighted by Crippen LogP contribution is -2.03. The predicted octanol–water partition coefficient (Wildman–Crippen LogP) is 3.63. The second-order valence-corrected chi connectivity index (χ2v) is 5.21. The molecule has 0 saturated heterocycles. The molecule has 2 nitrogen and oxygen atoms in total. The van der Waals surface area contributed by atoms with Gasteiger partial charge in [-0.2, -0.15) is 0 Å². The van der Waals surface area contributed by atoms with Crippen molar-refractivity contribution in [2.24, 2.45) is 5.73 Å². The van der Waals surface area contributed by atoms with Gasteiger partial charge in [-0.3, -0.25) is 0 Å². The summed E-state index contributed by atoms with van der Waals surface area (Å²) in [7, 11) is 0. The molecule has 3 heteroatoms. The van der Waals surface area contributed by atoms with Gasteiger partial charge in [0.25, 0.3) is 0 Å². The maximum absolute atomic E-state index is 14.6. The van der Waals surface area contributed by atoms with Crippen LogP contribution in [0.25, 0.3) is 10.9 Å². The van der Waals surface area contributed by atoms with Gasteiger partial charge >= 0.3 is 0 Å². The van der Waals surface area contributed by atoms with E-state index < -0.39 is 0 Å². The summed E-state index contributed by atoms with van der Waals surface area (Å²) in [6.07, 6.45) is 10.2. The summed E-state index contributed by atoms with van der Waals surface area (Å²) >= 11 is 0. The molecule has 0 bridgehead atoms. The van der Waals surface area contributed by atoms with Crippen LogP contribution in [0.1, 0.15) is 36.3 Å². The smallest absolute Gasteiger partial charge is 0.151 e. The lowest BCUT2D eigenvalue weighted by atomic mass is 9.88. The molecule has 1 atom stereocenters. The van der Waals surface area contributed by atoms with Crippen molar-refractivity contribution in [1.29, 1.82) is 0 Å². The van der Waals surface area contributed by atoms with Gasteiger partial charge in [0.15, 0.2) is 5.82 Å². The molecule has 100 valence electrons. The Morgan fingerprint density at radius 1 is 1.37 bits per heavy atom. The Hall–Kier alpha value is -1.61. The molecule has 1 aromatic heterocycles. The molecular weight excluding hydrogens is 239 g/mol. The van der Waals surface area contributed by atoms with Gasteiger partial charge in [-0.05, 0) is 43.4 Å². The van der Waals surface area contributed by atoms with Crippen LogP contribution in [0.2, 0.25) is 0 Å². The van der Waals surface area contributed by atoms with Crippen LogP contribution in [-0.4, -0.2) is 11.5 Å². The van der Waals surface area contributed by atoms with Crippen molar-refractivity contribution >= 4 is 10.9 Å². The first-order chi connectivity index (χ1) is 9.31. The van der Waals surface area contributed by atoms with Crippen molar-refractivity contribution < 1.29 is 4.39 Å². The monoisotopic (exact) mass is 258 g/mol. The zero-order chi connectivity index (χ0) is 13.2. The topological polar surface area (TPSA) is 41.8 Å². The van der Waals surface area contributed by atoms with Crippen molar-refractivity contribution in [3.63, 3.8) is 0 Å². The van der Waals surface area contributed by atoms with E-state index in [1.165, 1.54) is 0 Å². The lowest BCUT2D eigenvalue weighted by Gasteiger charge is -2.17. The molecule has 1 aliphatic carbocycles. The molecule has 0 spiro atoms. The third-order valence-corrected chi connectivity index (χ3v) is 3.98. The van der Waals surface area contributed by atoms with Crippen molar-refractivity contribution in [3.8, 4) is 0 Å². The Balaban J connectivity index is 2.06. The van der Waals surface area contributed by atoms with E-state index in [1.807, 2.05) is 18.3 Å². The normalized spacial score (nSPS) is 19.2. The minimum Gasteiger partial charge on any atom is -0.359 e. The molecule has 3 N–H and O–H groups in total. The number of benzene rings is 1. The summed E-state index contributed by atoms with van der Waals surface area (Å²) in [5, 5.41) is 0.964. The first-order valence-corrected chi connectivity index (χ1v) is 6.96. The van der Waals surface area contributed by atoms with Crippen LogP contribution < -0.4 is 5.73 Å². The summed E-state index contributed by atoms with van der Waals surface area (Å²) in [5.74, 6) is 0.122. The van der Waals surface area contributed by atoms with Crippen molar-refractivity contribution in [2.45, 2.75) is 31.6 Å². The maximum atomic E-state index is 14.6. The maximum Gasteiger partial charge on any atom is 0.151 e. The quantitative estimate of drug-likeness (QED) is 0.811. The second-order valence-electron chi connectivity index (χ2n) is 5.21. The van der Waals surface area contributed by atoms with E-state index in [2.05, 4.69) is 17.1 Å². The average molecular weight is 258 g/mol. The highest BCUT2D eigenvalue weighted by Crippen LogP contribution is 2.33.